The molecular weight excluding hydrogens is 178 g/mol. The molecule has 3 rings (SSSR count). The lowest BCUT2D eigenvalue weighted by Crippen LogP contribution is -2.49. The Bertz CT molecular complexity index is 321. The molecule has 3 nitrogen and oxygen atoms in total. The first kappa shape index (κ1) is 8.09. The van der Waals surface area contributed by atoms with Crippen LogP contribution in [0.2, 0.25) is 0 Å². The van der Waals surface area contributed by atoms with E-state index in [1.54, 1.807) is 0 Å². The largest absolute Gasteiger partial charge is 0.447 e. The van der Waals surface area contributed by atoms with E-state index in [9.17, 15) is 4.79 Å². The van der Waals surface area contributed by atoms with Crippen molar-refractivity contribution in [2.24, 2.45) is 5.92 Å². The molecule has 2 heterocycles. The van der Waals surface area contributed by atoms with E-state index in [0.29, 0.717) is 18.6 Å². The highest BCUT2D eigenvalue weighted by Gasteiger charge is 2.43. The summed E-state index contributed by atoms with van der Waals surface area (Å²) in [6.07, 6.45) is 10.5. The molecule has 0 aromatic rings. The lowest BCUT2D eigenvalue weighted by Gasteiger charge is -2.39. The van der Waals surface area contributed by atoms with Gasteiger partial charge in [0.05, 0.1) is 12.1 Å². The molecule has 0 aromatic carbocycles. The number of cyclic esters (lactones) is 1. The third kappa shape index (κ3) is 1.01. The number of hydrogen-bond donors (Lipinski definition) is 0. The van der Waals surface area contributed by atoms with E-state index in [1.165, 1.54) is 6.42 Å². The normalized spacial score (nSPS) is 39.3. The van der Waals surface area contributed by atoms with Gasteiger partial charge in [0.25, 0.3) is 0 Å². The number of rotatable bonds is 0. The Kier molecular flexibility index (Phi) is 1.66. The quantitative estimate of drug-likeness (QED) is 0.583. The maximum Gasteiger partial charge on any atom is 0.410 e. The van der Waals surface area contributed by atoms with Crippen molar-refractivity contribution < 1.29 is 9.53 Å². The van der Waals surface area contributed by atoms with Gasteiger partial charge in [-0.05, 0) is 12.8 Å². The van der Waals surface area contributed by atoms with Crippen molar-refractivity contribution in [2.45, 2.75) is 24.9 Å². The zero-order valence-electron chi connectivity index (χ0n) is 7.93. The molecule has 74 valence electrons. The van der Waals surface area contributed by atoms with Gasteiger partial charge in [0, 0.05) is 5.92 Å². The molecule has 2 fully saturated rings. The summed E-state index contributed by atoms with van der Waals surface area (Å²) in [5, 5.41) is 0. The van der Waals surface area contributed by atoms with Crippen molar-refractivity contribution in [1.82, 2.24) is 4.90 Å². The van der Waals surface area contributed by atoms with Crippen LogP contribution in [0.25, 0.3) is 0 Å². The van der Waals surface area contributed by atoms with E-state index in [2.05, 4.69) is 18.2 Å². The van der Waals surface area contributed by atoms with E-state index >= 15 is 0 Å². The second kappa shape index (κ2) is 2.87. The molecule has 2 saturated heterocycles. The fourth-order valence-corrected chi connectivity index (χ4v) is 2.65. The molecule has 2 unspecified atom stereocenters. The number of ether oxygens (including phenoxy) is 1. The number of fused-ring (bicyclic) bond motifs is 3. The van der Waals surface area contributed by atoms with Gasteiger partial charge >= 0.3 is 6.09 Å². The van der Waals surface area contributed by atoms with Crippen molar-refractivity contribution in [1.29, 1.82) is 0 Å². The molecule has 1 amide bonds. The number of carbonyl (C=O) groups is 1. The van der Waals surface area contributed by atoms with Crippen molar-refractivity contribution in [3.63, 3.8) is 0 Å². The highest BCUT2D eigenvalue weighted by Crippen LogP contribution is 2.35. The van der Waals surface area contributed by atoms with Crippen LogP contribution in [0.15, 0.2) is 24.3 Å². The molecule has 0 aromatic heterocycles. The highest BCUT2D eigenvalue weighted by molar-refractivity contribution is 5.71. The Labute approximate surface area is 83.0 Å². The smallest absolute Gasteiger partial charge is 0.410 e. The molecule has 0 bridgehead atoms. The van der Waals surface area contributed by atoms with E-state index < -0.39 is 0 Å². The summed E-state index contributed by atoms with van der Waals surface area (Å²) in [5.41, 5.74) is 0. The number of piperidine rings is 1. The molecular formula is C11H13NO2. The van der Waals surface area contributed by atoms with Crippen LogP contribution < -0.4 is 0 Å². The minimum absolute atomic E-state index is 0.135. The Balaban J connectivity index is 1.92. The van der Waals surface area contributed by atoms with Crippen LogP contribution in [0, 0.1) is 5.92 Å². The second-order valence-electron chi connectivity index (χ2n) is 4.14. The maximum absolute atomic E-state index is 11.5. The first-order valence-corrected chi connectivity index (χ1v) is 5.16. The van der Waals surface area contributed by atoms with E-state index in [-0.39, 0.29) is 12.1 Å². The third-order valence-electron chi connectivity index (χ3n) is 3.37. The number of nitrogens with zero attached hydrogens (tertiary/aromatic N) is 1. The number of carbonyl (C=O) groups excluding carboxylic acids is 1. The highest BCUT2D eigenvalue weighted by atomic mass is 16.6. The summed E-state index contributed by atoms with van der Waals surface area (Å²) in [7, 11) is 0. The first-order valence-electron chi connectivity index (χ1n) is 5.16. The zero-order valence-corrected chi connectivity index (χ0v) is 7.93. The Morgan fingerprint density at radius 2 is 2.14 bits per heavy atom. The molecule has 0 N–H and O–H groups in total. The van der Waals surface area contributed by atoms with Gasteiger partial charge in [0.1, 0.15) is 6.61 Å². The van der Waals surface area contributed by atoms with Crippen molar-refractivity contribution in [2.75, 3.05) is 6.61 Å². The lowest BCUT2D eigenvalue weighted by molar-refractivity contribution is 0.127. The van der Waals surface area contributed by atoms with E-state index in [0.717, 1.165) is 6.42 Å². The Hall–Kier alpha value is -1.25. The number of amides is 1. The van der Waals surface area contributed by atoms with Crippen molar-refractivity contribution in [3.8, 4) is 0 Å². The monoisotopic (exact) mass is 191 g/mol. The SMILES string of the molecule is O=C1OC[C@@H]2CCC3C=CC=CC3N12. The van der Waals surface area contributed by atoms with Crippen LogP contribution in [0.1, 0.15) is 12.8 Å². The lowest BCUT2D eigenvalue weighted by atomic mass is 9.84. The standard InChI is InChI=1S/C11H13NO2/c13-11-12-9(7-14-11)6-5-8-3-1-2-4-10(8)12/h1-4,8-10H,5-7H2/t8?,9-,10?/m0/s1. The van der Waals surface area contributed by atoms with E-state index in [4.69, 9.17) is 4.74 Å². The Morgan fingerprint density at radius 1 is 1.29 bits per heavy atom. The molecule has 0 saturated carbocycles. The summed E-state index contributed by atoms with van der Waals surface area (Å²) < 4.78 is 5.08. The zero-order chi connectivity index (χ0) is 9.54. The molecule has 3 heteroatoms. The van der Waals surface area contributed by atoms with Gasteiger partial charge in [-0.2, -0.15) is 0 Å². The van der Waals surface area contributed by atoms with Crippen LogP contribution >= 0.6 is 0 Å². The van der Waals surface area contributed by atoms with Gasteiger partial charge in [0.15, 0.2) is 0 Å². The molecule has 2 aliphatic heterocycles. The third-order valence-corrected chi connectivity index (χ3v) is 3.37. The minimum atomic E-state index is -0.135. The second-order valence-corrected chi connectivity index (χ2v) is 4.14. The van der Waals surface area contributed by atoms with Gasteiger partial charge in [0.2, 0.25) is 0 Å². The van der Waals surface area contributed by atoms with Crippen LogP contribution in [-0.2, 0) is 4.74 Å². The van der Waals surface area contributed by atoms with Crippen LogP contribution in [0.4, 0.5) is 4.79 Å². The summed E-state index contributed by atoms with van der Waals surface area (Å²) in [6, 6.07) is 0.564. The fraction of sp³-hybridized carbons (Fsp3) is 0.545. The summed E-state index contributed by atoms with van der Waals surface area (Å²) >= 11 is 0. The topological polar surface area (TPSA) is 29.5 Å². The predicted molar refractivity (Wildman–Crippen MR) is 51.8 cm³/mol. The van der Waals surface area contributed by atoms with Gasteiger partial charge in [-0.15, -0.1) is 0 Å². The molecule has 3 atom stereocenters. The minimum Gasteiger partial charge on any atom is -0.447 e. The maximum atomic E-state index is 11.5. The van der Waals surface area contributed by atoms with Crippen molar-refractivity contribution >= 4 is 6.09 Å². The van der Waals surface area contributed by atoms with Gasteiger partial charge in [-0.3, -0.25) is 4.90 Å². The van der Waals surface area contributed by atoms with Crippen LogP contribution in [0.5, 0.6) is 0 Å². The van der Waals surface area contributed by atoms with Gasteiger partial charge < -0.3 is 4.74 Å². The fourth-order valence-electron chi connectivity index (χ4n) is 2.65. The number of hydrogen-bond acceptors (Lipinski definition) is 2. The molecule has 1 aliphatic carbocycles. The Morgan fingerprint density at radius 3 is 3.07 bits per heavy atom. The van der Waals surface area contributed by atoms with Crippen molar-refractivity contribution in [3.05, 3.63) is 24.3 Å². The molecule has 14 heavy (non-hydrogen) atoms. The van der Waals surface area contributed by atoms with Crippen LogP contribution in [0.3, 0.4) is 0 Å². The molecule has 0 radical (unpaired) electrons. The average molecular weight is 191 g/mol. The van der Waals surface area contributed by atoms with Gasteiger partial charge in [-0.25, -0.2) is 4.79 Å². The summed E-state index contributed by atoms with van der Waals surface area (Å²) in [5.74, 6) is 0.502. The molecule has 3 aliphatic rings. The average Bonchev–Trinajstić information content (AvgIpc) is 2.61. The summed E-state index contributed by atoms with van der Waals surface area (Å²) in [4.78, 5) is 13.4. The first-order chi connectivity index (χ1) is 6.86. The molecule has 0 spiro atoms. The van der Waals surface area contributed by atoms with Gasteiger partial charge in [-0.1, -0.05) is 24.3 Å². The predicted octanol–water partition coefficient (Wildman–Crippen LogP) is 1.71. The number of allylic oxidation sites excluding steroid dienone is 2. The van der Waals surface area contributed by atoms with Crippen LogP contribution in [-0.4, -0.2) is 29.7 Å². The summed E-state index contributed by atoms with van der Waals surface area (Å²) in [6.45, 7) is 0.583. The van der Waals surface area contributed by atoms with E-state index in [1.807, 2.05) is 11.0 Å².